The molecule has 5 N–H and O–H groups in total. The van der Waals surface area contributed by atoms with Gasteiger partial charge in [-0.25, -0.2) is 0 Å². The second kappa shape index (κ2) is 8.59. The van der Waals surface area contributed by atoms with Crippen molar-refractivity contribution >= 4 is 46.7 Å². The third-order valence-corrected chi connectivity index (χ3v) is 5.08. The first-order chi connectivity index (χ1) is 15.8. The minimum absolute atomic E-state index is 0.0359. The Morgan fingerprint density at radius 1 is 1.27 bits per heavy atom. The first-order valence-corrected chi connectivity index (χ1v) is 9.85. The Morgan fingerprint density at radius 3 is 2.76 bits per heavy atom. The molecule has 12 nitrogen and oxygen atoms in total. The SMILES string of the molecule is Cn1cc(C(=O)Nc2cc(-c3nc(Nc4ccc(N)c(C=N)c4Cl)no3)cn(C)c2=O)cn1. The fourth-order valence-electron chi connectivity index (χ4n) is 3.01. The van der Waals surface area contributed by atoms with Gasteiger partial charge in [-0.1, -0.05) is 11.6 Å². The van der Waals surface area contributed by atoms with Crippen LogP contribution in [0.3, 0.4) is 0 Å². The zero-order chi connectivity index (χ0) is 23.7. The van der Waals surface area contributed by atoms with E-state index in [9.17, 15) is 9.59 Å². The molecule has 1 aromatic carbocycles. The summed E-state index contributed by atoms with van der Waals surface area (Å²) in [6.45, 7) is 0. The van der Waals surface area contributed by atoms with Crippen LogP contribution in [0.1, 0.15) is 15.9 Å². The number of anilines is 4. The van der Waals surface area contributed by atoms with Crippen molar-refractivity contribution in [2.24, 2.45) is 14.1 Å². The average Bonchev–Trinajstić information content (AvgIpc) is 3.43. The highest BCUT2D eigenvalue weighted by Crippen LogP contribution is 2.31. The van der Waals surface area contributed by atoms with Crippen molar-refractivity contribution in [2.75, 3.05) is 16.4 Å². The average molecular weight is 468 g/mol. The van der Waals surface area contributed by atoms with E-state index in [4.69, 9.17) is 27.3 Å². The number of rotatable bonds is 6. The highest BCUT2D eigenvalue weighted by atomic mass is 35.5. The Labute approximate surface area is 191 Å². The predicted molar refractivity (Wildman–Crippen MR) is 123 cm³/mol. The number of nitrogens with two attached hydrogens (primary N) is 1. The van der Waals surface area contributed by atoms with Crippen LogP contribution in [0, 0.1) is 5.41 Å². The number of benzene rings is 1. The number of carbonyl (C=O) groups is 1. The summed E-state index contributed by atoms with van der Waals surface area (Å²) in [4.78, 5) is 29.2. The van der Waals surface area contributed by atoms with Crippen LogP contribution in [0.15, 0.2) is 46.1 Å². The van der Waals surface area contributed by atoms with Crippen molar-refractivity contribution in [3.05, 3.63) is 63.3 Å². The lowest BCUT2D eigenvalue weighted by Gasteiger charge is -2.08. The number of nitrogens with one attached hydrogen (secondary N) is 3. The number of hydrogen-bond acceptors (Lipinski definition) is 9. The van der Waals surface area contributed by atoms with Gasteiger partial charge >= 0.3 is 0 Å². The largest absolute Gasteiger partial charge is 0.398 e. The highest BCUT2D eigenvalue weighted by Gasteiger charge is 2.17. The summed E-state index contributed by atoms with van der Waals surface area (Å²) in [5.74, 6) is -0.281. The molecule has 0 aliphatic rings. The van der Waals surface area contributed by atoms with E-state index in [2.05, 4.69) is 25.9 Å². The minimum atomic E-state index is -0.481. The molecule has 0 radical (unpaired) electrons. The van der Waals surface area contributed by atoms with Crippen molar-refractivity contribution in [1.29, 1.82) is 5.41 Å². The lowest BCUT2D eigenvalue weighted by molar-refractivity contribution is 0.102. The van der Waals surface area contributed by atoms with Crippen molar-refractivity contribution in [3.63, 3.8) is 0 Å². The second-order valence-electron chi connectivity index (χ2n) is 7.04. The molecule has 3 aromatic heterocycles. The number of amides is 1. The molecule has 0 atom stereocenters. The Hall–Kier alpha value is -4.45. The highest BCUT2D eigenvalue weighted by molar-refractivity contribution is 6.36. The summed E-state index contributed by atoms with van der Waals surface area (Å²) in [5.41, 5.74) is 7.29. The molecule has 13 heteroatoms. The quantitative estimate of drug-likeness (QED) is 0.247. The van der Waals surface area contributed by atoms with Crippen LogP contribution < -0.4 is 21.9 Å². The van der Waals surface area contributed by atoms with Gasteiger partial charge in [0.1, 0.15) is 5.69 Å². The van der Waals surface area contributed by atoms with Gasteiger partial charge in [-0.3, -0.25) is 14.3 Å². The standard InChI is InChI=1S/C20H18ClN9O3/c1-29-8-10(5-15(19(29)32)25-17(31)11-7-24-30(2)9-11)18-27-20(28-33-18)26-14-4-3-13(23)12(6-22)16(14)21/h3-9,22H,23H2,1-2H3,(H,25,31)(H,26,28). The molecule has 33 heavy (non-hydrogen) atoms. The van der Waals surface area contributed by atoms with Crippen LogP contribution in [0.25, 0.3) is 11.5 Å². The van der Waals surface area contributed by atoms with Gasteiger partial charge < -0.3 is 30.9 Å². The van der Waals surface area contributed by atoms with Gasteiger partial charge in [0.05, 0.1) is 28.0 Å². The van der Waals surface area contributed by atoms with Crippen molar-refractivity contribution in [3.8, 4) is 11.5 Å². The maximum absolute atomic E-state index is 12.5. The number of hydrogen-bond donors (Lipinski definition) is 4. The van der Waals surface area contributed by atoms with E-state index in [0.717, 1.165) is 6.21 Å². The Bertz CT molecular complexity index is 1440. The fourth-order valence-corrected chi connectivity index (χ4v) is 3.29. The normalized spacial score (nSPS) is 10.8. The zero-order valence-electron chi connectivity index (χ0n) is 17.5. The fraction of sp³-hybridized carbons (Fsp3) is 0.100. The van der Waals surface area contributed by atoms with E-state index in [0.29, 0.717) is 28.1 Å². The number of aryl methyl sites for hydroxylation is 2. The smallest absolute Gasteiger partial charge is 0.274 e. The third-order valence-electron chi connectivity index (χ3n) is 4.68. The summed E-state index contributed by atoms with van der Waals surface area (Å²) < 4.78 is 8.08. The number of halogens is 1. The van der Waals surface area contributed by atoms with Crippen molar-refractivity contribution in [1.82, 2.24) is 24.5 Å². The van der Waals surface area contributed by atoms with Gasteiger partial charge in [0.15, 0.2) is 0 Å². The molecule has 0 saturated heterocycles. The van der Waals surface area contributed by atoms with E-state index in [-0.39, 0.29) is 22.5 Å². The number of nitrogens with zero attached hydrogens (tertiary/aromatic N) is 5. The zero-order valence-corrected chi connectivity index (χ0v) is 18.2. The molecule has 0 aliphatic carbocycles. The lowest BCUT2D eigenvalue weighted by Crippen LogP contribution is -2.24. The maximum Gasteiger partial charge on any atom is 0.274 e. The van der Waals surface area contributed by atoms with Crippen LogP contribution in [0.4, 0.5) is 23.0 Å². The van der Waals surface area contributed by atoms with Crippen LogP contribution in [-0.2, 0) is 14.1 Å². The molecule has 3 heterocycles. The first kappa shape index (κ1) is 21.8. The van der Waals surface area contributed by atoms with Gasteiger partial charge in [-0.15, -0.1) is 0 Å². The van der Waals surface area contributed by atoms with Gasteiger partial charge in [0, 0.05) is 44.0 Å². The lowest BCUT2D eigenvalue weighted by atomic mass is 10.1. The first-order valence-electron chi connectivity index (χ1n) is 9.47. The molecule has 0 bridgehead atoms. The van der Waals surface area contributed by atoms with Crippen LogP contribution in [-0.4, -0.2) is 36.6 Å². The van der Waals surface area contributed by atoms with Gasteiger partial charge in [-0.05, 0) is 23.4 Å². The third kappa shape index (κ3) is 4.32. The van der Waals surface area contributed by atoms with Crippen LogP contribution in [0.2, 0.25) is 5.02 Å². The van der Waals surface area contributed by atoms with Gasteiger partial charge in [0.25, 0.3) is 23.3 Å². The summed E-state index contributed by atoms with van der Waals surface area (Å²) >= 11 is 6.28. The van der Waals surface area contributed by atoms with E-state index in [1.54, 1.807) is 19.2 Å². The van der Waals surface area contributed by atoms with Crippen LogP contribution >= 0.6 is 11.6 Å². The van der Waals surface area contributed by atoms with E-state index < -0.39 is 11.5 Å². The van der Waals surface area contributed by atoms with Gasteiger partial charge in [0.2, 0.25) is 0 Å². The summed E-state index contributed by atoms with van der Waals surface area (Å²) in [7, 11) is 3.22. The number of aromatic nitrogens is 5. The van der Waals surface area contributed by atoms with Crippen molar-refractivity contribution in [2.45, 2.75) is 0 Å². The molecule has 0 unspecified atom stereocenters. The van der Waals surface area contributed by atoms with Crippen molar-refractivity contribution < 1.29 is 9.32 Å². The molecule has 0 aliphatic heterocycles. The molecule has 168 valence electrons. The molecular weight excluding hydrogens is 450 g/mol. The predicted octanol–water partition coefficient (Wildman–Crippen LogP) is 2.40. The van der Waals surface area contributed by atoms with E-state index in [1.165, 1.54) is 41.0 Å². The molecule has 0 fully saturated rings. The number of carbonyl (C=O) groups excluding carboxylic acids is 1. The summed E-state index contributed by atoms with van der Waals surface area (Å²) in [6, 6.07) is 4.66. The summed E-state index contributed by atoms with van der Waals surface area (Å²) in [6.07, 6.45) is 5.48. The van der Waals surface area contributed by atoms with E-state index >= 15 is 0 Å². The molecular formula is C20H18ClN9O3. The molecule has 4 rings (SSSR count). The summed E-state index contributed by atoms with van der Waals surface area (Å²) in [5, 5.41) is 21.0. The maximum atomic E-state index is 12.5. The number of nitrogen functional groups attached to an aromatic ring is 1. The molecule has 0 spiro atoms. The monoisotopic (exact) mass is 467 g/mol. The minimum Gasteiger partial charge on any atom is -0.398 e. The Morgan fingerprint density at radius 2 is 2.06 bits per heavy atom. The topological polar surface area (TPSA) is 170 Å². The Kier molecular flexibility index (Phi) is 5.67. The second-order valence-corrected chi connectivity index (χ2v) is 7.42. The van der Waals surface area contributed by atoms with E-state index in [1.807, 2.05) is 0 Å². The number of pyridine rings is 1. The molecule has 1 amide bonds. The molecule has 4 aromatic rings. The van der Waals surface area contributed by atoms with Crippen LogP contribution in [0.5, 0.6) is 0 Å². The van der Waals surface area contributed by atoms with Gasteiger partial charge in [-0.2, -0.15) is 10.1 Å². The molecule has 0 saturated carbocycles. The Balaban J connectivity index is 1.61.